The molecule has 1 aromatic rings. The van der Waals surface area contributed by atoms with E-state index in [0.29, 0.717) is 48.6 Å². The van der Waals surface area contributed by atoms with Gasteiger partial charge in [0.2, 0.25) is 29.3 Å². The van der Waals surface area contributed by atoms with Crippen LogP contribution in [0, 0.1) is 5.92 Å². The van der Waals surface area contributed by atoms with Gasteiger partial charge in [0.05, 0.1) is 27.4 Å². The minimum absolute atomic E-state index is 0.127. The summed E-state index contributed by atoms with van der Waals surface area (Å²) >= 11 is 0. The Balaban J connectivity index is 2.16. The highest BCUT2D eigenvalue weighted by Crippen LogP contribution is 2.38. The molecule has 0 saturated carbocycles. The number of benzene rings is 1. The molecule has 0 spiro atoms. The van der Waals surface area contributed by atoms with Crippen LogP contribution in [0.2, 0.25) is 0 Å². The van der Waals surface area contributed by atoms with Crippen LogP contribution >= 0.6 is 0 Å². The Morgan fingerprint density at radius 1 is 1.05 bits per heavy atom. The Bertz CT molecular complexity index is 1190. The molecule has 0 aliphatic carbocycles. The highest BCUT2D eigenvalue weighted by molar-refractivity contribution is 6.38. The van der Waals surface area contributed by atoms with Crippen molar-refractivity contribution < 1.29 is 38.2 Å². The van der Waals surface area contributed by atoms with E-state index >= 15 is 0 Å². The average molecular weight is 601 g/mol. The van der Waals surface area contributed by atoms with Crippen molar-refractivity contribution in [2.45, 2.75) is 64.6 Å². The first-order valence-electron chi connectivity index (χ1n) is 14.3. The van der Waals surface area contributed by atoms with E-state index in [1.165, 1.54) is 38.4 Å². The predicted molar refractivity (Wildman–Crippen MR) is 162 cm³/mol. The Morgan fingerprint density at radius 3 is 2.23 bits per heavy atom. The van der Waals surface area contributed by atoms with Crippen LogP contribution in [0.1, 0.15) is 52.0 Å². The molecule has 1 aliphatic heterocycles. The summed E-state index contributed by atoms with van der Waals surface area (Å²) < 4.78 is 16.0. The van der Waals surface area contributed by atoms with E-state index in [2.05, 4.69) is 22.5 Å². The van der Waals surface area contributed by atoms with Crippen LogP contribution in [0.5, 0.6) is 17.2 Å². The van der Waals surface area contributed by atoms with Crippen molar-refractivity contribution in [3.05, 3.63) is 36.4 Å². The van der Waals surface area contributed by atoms with E-state index in [1.807, 2.05) is 6.92 Å². The second-order valence-corrected chi connectivity index (χ2v) is 10.4. The minimum atomic E-state index is -1.01. The molecule has 0 aromatic heterocycles. The van der Waals surface area contributed by atoms with Crippen LogP contribution in [0.15, 0.2) is 30.9 Å². The average Bonchev–Trinajstić information content (AvgIpc) is 3.50. The highest BCUT2D eigenvalue weighted by Gasteiger charge is 2.40. The number of amides is 4. The van der Waals surface area contributed by atoms with Gasteiger partial charge < -0.3 is 35.1 Å². The SMILES string of the molecule is C=CCNC(=O)C(=O)[C@H](CCC)NC(=O)[C@@H]1CCCN1C(=O)[C@@H](NC(=O)/C=C/c1cc(OC)c(OC)c(OC)c1)C(C)C. The number of carbonyl (C=O) groups is 5. The van der Waals surface area contributed by atoms with E-state index in [0.717, 1.165) is 0 Å². The Labute approximate surface area is 253 Å². The quantitative estimate of drug-likeness (QED) is 0.148. The van der Waals surface area contributed by atoms with Crippen molar-refractivity contribution in [2.75, 3.05) is 34.4 Å². The topological polar surface area (TPSA) is 152 Å². The largest absolute Gasteiger partial charge is 0.493 e. The summed E-state index contributed by atoms with van der Waals surface area (Å²) in [7, 11) is 4.48. The molecule has 12 nitrogen and oxygen atoms in total. The van der Waals surface area contributed by atoms with Crippen molar-refractivity contribution in [1.82, 2.24) is 20.9 Å². The number of hydrogen-bond donors (Lipinski definition) is 3. The fourth-order valence-corrected chi connectivity index (χ4v) is 4.80. The first-order valence-corrected chi connectivity index (χ1v) is 14.3. The number of methoxy groups -OCH3 is 3. The number of likely N-dealkylation sites (tertiary alicyclic amines) is 1. The molecular formula is C31H44N4O8. The maximum Gasteiger partial charge on any atom is 0.289 e. The smallest absolute Gasteiger partial charge is 0.289 e. The molecular weight excluding hydrogens is 556 g/mol. The van der Waals surface area contributed by atoms with E-state index < -0.39 is 47.5 Å². The molecule has 2 rings (SSSR count). The van der Waals surface area contributed by atoms with E-state index in [1.54, 1.807) is 32.1 Å². The van der Waals surface area contributed by atoms with Crippen LogP contribution in [0.4, 0.5) is 0 Å². The number of carbonyl (C=O) groups excluding carboxylic acids is 5. The molecule has 4 amide bonds. The number of Topliss-reactive ketones (excluding diaryl/α,β-unsaturated/α-hetero) is 1. The van der Waals surface area contributed by atoms with Crippen molar-refractivity contribution in [3.8, 4) is 17.2 Å². The van der Waals surface area contributed by atoms with E-state index in [4.69, 9.17) is 14.2 Å². The summed E-state index contributed by atoms with van der Waals surface area (Å²) in [5.74, 6) is -1.97. The van der Waals surface area contributed by atoms with Gasteiger partial charge in [-0.3, -0.25) is 24.0 Å². The number of rotatable bonds is 16. The predicted octanol–water partition coefficient (Wildman–Crippen LogP) is 2.01. The summed E-state index contributed by atoms with van der Waals surface area (Å²) in [6.45, 7) is 9.40. The number of hydrogen-bond acceptors (Lipinski definition) is 8. The third kappa shape index (κ3) is 9.32. The van der Waals surface area contributed by atoms with Crippen LogP contribution in [0.25, 0.3) is 6.08 Å². The van der Waals surface area contributed by atoms with Crippen LogP contribution in [-0.2, 0) is 24.0 Å². The van der Waals surface area contributed by atoms with Gasteiger partial charge in [-0.1, -0.05) is 33.3 Å². The van der Waals surface area contributed by atoms with Crippen LogP contribution in [-0.4, -0.2) is 86.9 Å². The normalized spacial score (nSPS) is 15.9. The molecule has 3 N–H and O–H groups in total. The summed E-state index contributed by atoms with van der Waals surface area (Å²) in [6.07, 6.45) is 6.12. The molecule has 3 atom stereocenters. The van der Waals surface area contributed by atoms with Gasteiger partial charge in [-0.15, -0.1) is 6.58 Å². The van der Waals surface area contributed by atoms with Gasteiger partial charge >= 0.3 is 0 Å². The van der Waals surface area contributed by atoms with Gasteiger partial charge in [0, 0.05) is 19.2 Å². The lowest BCUT2D eigenvalue weighted by Gasteiger charge is -2.31. The number of ether oxygens (including phenoxy) is 3. The summed E-state index contributed by atoms with van der Waals surface area (Å²) in [5.41, 5.74) is 0.614. The maximum atomic E-state index is 13.6. The lowest BCUT2D eigenvalue weighted by Crippen LogP contribution is -2.57. The second-order valence-electron chi connectivity index (χ2n) is 10.4. The van der Waals surface area contributed by atoms with Gasteiger partial charge in [0.25, 0.3) is 5.91 Å². The van der Waals surface area contributed by atoms with Crippen molar-refractivity contribution >= 4 is 35.5 Å². The molecule has 1 aliphatic rings. The van der Waals surface area contributed by atoms with Crippen LogP contribution < -0.4 is 30.2 Å². The lowest BCUT2D eigenvalue weighted by molar-refractivity contribution is -0.143. The first kappa shape index (κ1) is 34.8. The second kappa shape index (κ2) is 16.9. The van der Waals surface area contributed by atoms with E-state index in [-0.39, 0.29) is 18.9 Å². The molecule has 12 heteroatoms. The molecule has 0 unspecified atom stereocenters. The fourth-order valence-electron chi connectivity index (χ4n) is 4.80. The van der Waals surface area contributed by atoms with Crippen molar-refractivity contribution in [2.24, 2.45) is 5.92 Å². The zero-order chi connectivity index (χ0) is 32.1. The third-order valence-corrected chi connectivity index (χ3v) is 7.02. The molecule has 43 heavy (non-hydrogen) atoms. The maximum absolute atomic E-state index is 13.6. The van der Waals surface area contributed by atoms with E-state index in [9.17, 15) is 24.0 Å². The molecule has 1 saturated heterocycles. The van der Waals surface area contributed by atoms with Gasteiger partial charge in [-0.2, -0.15) is 0 Å². The van der Waals surface area contributed by atoms with Gasteiger partial charge in [0.15, 0.2) is 11.5 Å². The molecule has 1 heterocycles. The van der Waals surface area contributed by atoms with Crippen molar-refractivity contribution in [1.29, 1.82) is 0 Å². The highest BCUT2D eigenvalue weighted by atomic mass is 16.5. The Kier molecular flexibility index (Phi) is 13.7. The third-order valence-electron chi connectivity index (χ3n) is 7.02. The number of ketones is 1. The summed E-state index contributed by atoms with van der Waals surface area (Å²) in [4.78, 5) is 66.2. The summed E-state index contributed by atoms with van der Waals surface area (Å²) in [5, 5.41) is 7.88. The zero-order valence-electron chi connectivity index (χ0n) is 25.9. The Morgan fingerprint density at radius 2 is 1.70 bits per heavy atom. The van der Waals surface area contributed by atoms with Crippen LogP contribution in [0.3, 0.4) is 0 Å². The minimum Gasteiger partial charge on any atom is -0.493 e. The first-order chi connectivity index (χ1) is 20.5. The number of nitrogens with zero attached hydrogens (tertiary/aromatic N) is 1. The lowest BCUT2D eigenvalue weighted by atomic mass is 10.0. The molecule has 0 radical (unpaired) electrons. The molecule has 0 bridgehead atoms. The zero-order valence-corrected chi connectivity index (χ0v) is 25.9. The summed E-state index contributed by atoms with van der Waals surface area (Å²) in [6, 6.07) is 0.625. The fraction of sp³-hybridized carbons (Fsp3) is 0.516. The standard InChI is InChI=1S/C31H44N4O8/c1-8-11-21(27(37)30(39)32-15-9-2)33-29(38)22-12-10-16-35(22)31(40)26(19(3)4)34-25(36)14-13-20-17-23(41-5)28(43-7)24(18-20)42-6/h9,13-14,17-19,21-22,26H,2,8,10-12,15-16H2,1,3-7H3,(H,32,39)(H,33,38)(H,34,36)/b14-13+/t21-,22-,26-/m0/s1. The van der Waals surface area contributed by atoms with Gasteiger partial charge in [0.1, 0.15) is 12.1 Å². The Hall–Kier alpha value is -4.35. The van der Waals surface area contributed by atoms with Crippen molar-refractivity contribution in [3.63, 3.8) is 0 Å². The molecule has 1 fully saturated rings. The monoisotopic (exact) mass is 600 g/mol. The molecule has 236 valence electrons. The van der Waals surface area contributed by atoms with Gasteiger partial charge in [-0.25, -0.2) is 0 Å². The molecule has 1 aromatic carbocycles. The number of nitrogens with one attached hydrogen (secondary N) is 3. The van der Waals surface area contributed by atoms with Gasteiger partial charge in [-0.05, 0) is 49.0 Å².